The third kappa shape index (κ3) is 3.56. The van der Waals surface area contributed by atoms with E-state index >= 15 is 0 Å². The Morgan fingerprint density at radius 1 is 1.54 bits per heavy atom. The van der Waals surface area contributed by atoms with E-state index in [-0.39, 0.29) is 12.0 Å². The van der Waals surface area contributed by atoms with Crippen molar-refractivity contribution in [1.82, 2.24) is 5.32 Å². The highest BCUT2D eigenvalue weighted by molar-refractivity contribution is 7.99. The fourth-order valence-electron chi connectivity index (χ4n) is 1.46. The molecular formula is C9H17NO2S. The number of ether oxygens (including phenoxy) is 1. The molecule has 0 spiro atoms. The lowest BCUT2D eigenvalue weighted by atomic mass is 10.1. The number of hydrogen-bond acceptors (Lipinski definition) is 4. The van der Waals surface area contributed by atoms with Crippen molar-refractivity contribution in [3.8, 4) is 0 Å². The molecule has 1 rings (SSSR count). The van der Waals surface area contributed by atoms with Gasteiger partial charge in [0.15, 0.2) is 0 Å². The molecule has 1 aliphatic rings. The number of esters is 1. The van der Waals surface area contributed by atoms with E-state index in [9.17, 15) is 4.79 Å². The highest BCUT2D eigenvalue weighted by Crippen LogP contribution is 2.17. The Morgan fingerprint density at radius 3 is 2.69 bits per heavy atom. The van der Waals surface area contributed by atoms with Crippen LogP contribution in [0.2, 0.25) is 0 Å². The number of rotatable bonds is 3. The molecule has 0 aromatic carbocycles. The van der Waals surface area contributed by atoms with E-state index < -0.39 is 0 Å². The molecule has 76 valence electrons. The zero-order valence-corrected chi connectivity index (χ0v) is 9.02. The second-order valence-corrected chi connectivity index (χ2v) is 4.52. The van der Waals surface area contributed by atoms with Gasteiger partial charge in [-0.25, -0.2) is 0 Å². The van der Waals surface area contributed by atoms with Crippen LogP contribution in [0, 0.1) is 0 Å². The van der Waals surface area contributed by atoms with Crippen molar-refractivity contribution in [3.63, 3.8) is 0 Å². The van der Waals surface area contributed by atoms with E-state index in [4.69, 9.17) is 0 Å². The topological polar surface area (TPSA) is 38.3 Å². The number of hydrogen-bond donors (Lipinski definition) is 1. The number of methoxy groups -OCH3 is 1. The normalized spacial score (nSPS) is 21.1. The van der Waals surface area contributed by atoms with E-state index in [2.05, 4.69) is 10.1 Å². The van der Waals surface area contributed by atoms with Crippen LogP contribution in [0.5, 0.6) is 0 Å². The zero-order chi connectivity index (χ0) is 9.68. The van der Waals surface area contributed by atoms with E-state index in [0.717, 1.165) is 12.8 Å². The summed E-state index contributed by atoms with van der Waals surface area (Å²) in [5.74, 6) is 2.23. The van der Waals surface area contributed by atoms with Crippen LogP contribution >= 0.6 is 11.8 Å². The molecule has 0 aromatic rings. The molecule has 0 aliphatic carbocycles. The smallest absolute Gasteiger partial charge is 0.322 e. The van der Waals surface area contributed by atoms with E-state index in [1.807, 2.05) is 18.7 Å². The molecule has 1 N–H and O–H groups in total. The van der Waals surface area contributed by atoms with Crippen molar-refractivity contribution in [3.05, 3.63) is 0 Å². The summed E-state index contributed by atoms with van der Waals surface area (Å²) < 4.78 is 4.65. The van der Waals surface area contributed by atoms with Crippen molar-refractivity contribution in [2.45, 2.75) is 31.8 Å². The summed E-state index contributed by atoms with van der Waals surface area (Å²) in [6.45, 7) is 1.85. The van der Waals surface area contributed by atoms with Crippen molar-refractivity contribution in [2.24, 2.45) is 0 Å². The molecule has 1 saturated heterocycles. The average molecular weight is 203 g/mol. The maximum absolute atomic E-state index is 11.1. The lowest BCUT2D eigenvalue weighted by Crippen LogP contribution is -2.43. The predicted molar refractivity (Wildman–Crippen MR) is 55.0 cm³/mol. The van der Waals surface area contributed by atoms with Gasteiger partial charge in [0.1, 0.15) is 6.04 Å². The first-order valence-corrected chi connectivity index (χ1v) is 5.81. The molecule has 1 unspecified atom stereocenters. The molecule has 0 aromatic heterocycles. The Bertz CT molecular complexity index is 169. The van der Waals surface area contributed by atoms with Crippen LogP contribution in [0.4, 0.5) is 0 Å². The molecule has 13 heavy (non-hydrogen) atoms. The molecule has 1 fully saturated rings. The first-order chi connectivity index (χ1) is 6.24. The quantitative estimate of drug-likeness (QED) is 0.695. The fourth-order valence-corrected chi connectivity index (χ4v) is 2.57. The summed E-state index contributed by atoms with van der Waals surface area (Å²) >= 11 is 1.98. The maximum Gasteiger partial charge on any atom is 0.322 e. The van der Waals surface area contributed by atoms with Gasteiger partial charge in [0, 0.05) is 6.04 Å². The maximum atomic E-state index is 11.1. The predicted octanol–water partition coefficient (Wildman–Crippen LogP) is 1.03. The number of thioether (sulfide) groups is 1. The van der Waals surface area contributed by atoms with Gasteiger partial charge in [0.25, 0.3) is 0 Å². The minimum absolute atomic E-state index is 0.168. The van der Waals surface area contributed by atoms with Crippen LogP contribution in [0.25, 0.3) is 0 Å². The minimum Gasteiger partial charge on any atom is -0.468 e. The summed E-state index contributed by atoms with van der Waals surface area (Å²) in [6.07, 6.45) is 2.32. The van der Waals surface area contributed by atoms with Crippen molar-refractivity contribution >= 4 is 17.7 Å². The molecule has 1 aliphatic heterocycles. The number of carbonyl (C=O) groups is 1. The molecule has 0 amide bonds. The van der Waals surface area contributed by atoms with Gasteiger partial charge in [0.05, 0.1) is 7.11 Å². The molecule has 0 bridgehead atoms. The van der Waals surface area contributed by atoms with Crippen LogP contribution in [0.3, 0.4) is 0 Å². The van der Waals surface area contributed by atoms with Crippen LogP contribution in [0.15, 0.2) is 0 Å². The standard InChI is InChI=1S/C9H17NO2S/c1-7(9(11)12-2)10-8-3-5-13-6-4-8/h7-8,10H,3-6H2,1-2H3. The number of nitrogens with one attached hydrogen (secondary N) is 1. The molecular weight excluding hydrogens is 186 g/mol. The third-order valence-electron chi connectivity index (χ3n) is 2.26. The molecule has 1 atom stereocenters. The largest absolute Gasteiger partial charge is 0.468 e. The lowest BCUT2D eigenvalue weighted by Gasteiger charge is -2.25. The van der Waals surface area contributed by atoms with Gasteiger partial charge >= 0.3 is 5.97 Å². The van der Waals surface area contributed by atoms with Crippen LogP contribution in [0.1, 0.15) is 19.8 Å². The van der Waals surface area contributed by atoms with Gasteiger partial charge in [-0.2, -0.15) is 11.8 Å². The molecule has 3 nitrogen and oxygen atoms in total. The van der Waals surface area contributed by atoms with Gasteiger partial charge in [-0.05, 0) is 31.3 Å². The summed E-state index contributed by atoms with van der Waals surface area (Å²) in [7, 11) is 1.43. The SMILES string of the molecule is COC(=O)C(C)NC1CCSCC1. The minimum atomic E-state index is -0.168. The zero-order valence-electron chi connectivity index (χ0n) is 8.21. The van der Waals surface area contributed by atoms with Gasteiger partial charge in [-0.15, -0.1) is 0 Å². The monoisotopic (exact) mass is 203 g/mol. The van der Waals surface area contributed by atoms with Gasteiger partial charge < -0.3 is 10.1 Å². The molecule has 0 radical (unpaired) electrons. The van der Waals surface area contributed by atoms with Crippen molar-refractivity contribution < 1.29 is 9.53 Å². The second kappa shape index (κ2) is 5.50. The Kier molecular flexibility index (Phi) is 4.59. The summed E-state index contributed by atoms with van der Waals surface area (Å²) in [5, 5.41) is 3.28. The van der Waals surface area contributed by atoms with Crippen molar-refractivity contribution in [1.29, 1.82) is 0 Å². The van der Waals surface area contributed by atoms with Crippen molar-refractivity contribution in [2.75, 3.05) is 18.6 Å². The van der Waals surface area contributed by atoms with E-state index in [1.165, 1.54) is 18.6 Å². The Labute approximate surface area is 83.6 Å². The van der Waals surface area contributed by atoms with Crippen LogP contribution in [-0.2, 0) is 9.53 Å². The van der Waals surface area contributed by atoms with E-state index in [1.54, 1.807) is 0 Å². The fraction of sp³-hybridized carbons (Fsp3) is 0.889. The average Bonchev–Trinajstić information content (AvgIpc) is 2.18. The first-order valence-electron chi connectivity index (χ1n) is 4.65. The van der Waals surface area contributed by atoms with E-state index in [0.29, 0.717) is 6.04 Å². The number of carbonyl (C=O) groups excluding carboxylic acids is 1. The molecule has 0 saturated carbocycles. The Balaban J connectivity index is 2.25. The van der Waals surface area contributed by atoms with Gasteiger partial charge in [-0.1, -0.05) is 0 Å². The Morgan fingerprint density at radius 2 is 2.15 bits per heavy atom. The first kappa shape index (κ1) is 10.9. The second-order valence-electron chi connectivity index (χ2n) is 3.30. The molecule has 1 heterocycles. The van der Waals surface area contributed by atoms with Crippen LogP contribution in [-0.4, -0.2) is 36.7 Å². The summed E-state index contributed by atoms with van der Waals surface area (Å²) in [4.78, 5) is 11.1. The summed E-state index contributed by atoms with van der Waals surface area (Å²) in [6, 6.07) is 0.327. The highest BCUT2D eigenvalue weighted by Gasteiger charge is 2.19. The Hall–Kier alpha value is -0.220. The van der Waals surface area contributed by atoms with Gasteiger partial charge in [0.2, 0.25) is 0 Å². The molecule has 4 heteroatoms. The highest BCUT2D eigenvalue weighted by atomic mass is 32.2. The van der Waals surface area contributed by atoms with Crippen LogP contribution < -0.4 is 5.32 Å². The lowest BCUT2D eigenvalue weighted by molar-refractivity contribution is -0.142. The van der Waals surface area contributed by atoms with Gasteiger partial charge in [-0.3, -0.25) is 4.79 Å². The summed E-state index contributed by atoms with van der Waals surface area (Å²) in [5.41, 5.74) is 0. The third-order valence-corrected chi connectivity index (χ3v) is 3.31.